The minimum absolute atomic E-state index is 0. The zero-order valence-corrected chi connectivity index (χ0v) is 15.3. The minimum atomic E-state index is 0. The quantitative estimate of drug-likeness (QED) is 0.435. The molecule has 1 aliphatic carbocycles. The smallest absolute Gasteiger partial charge is 0.227 e. The molecule has 2 aromatic rings. The molecule has 3 fully saturated rings. The molecule has 0 spiro atoms. The average Bonchev–Trinajstić information content (AvgIpc) is 3.57. The molecule has 4 heterocycles. The minimum Gasteiger partial charge on any atom is -0.506 e. The molecule has 8 heteroatoms. The Hall–Kier alpha value is -2.82. The van der Waals surface area contributed by atoms with Gasteiger partial charge in [0.15, 0.2) is 17.4 Å². The number of rotatable bonds is 3. The molecule has 0 saturated carbocycles. The van der Waals surface area contributed by atoms with Crippen molar-refractivity contribution in [2.24, 2.45) is 0 Å². The lowest BCUT2D eigenvalue weighted by atomic mass is 10.0. The number of Topliss-reactive ketones (excluding diaryl/α,β-unsaturated/α-hetero) is 1. The summed E-state index contributed by atoms with van der Waals surface area (Å²) in [4.78, 5) is 34.5. The van der Waals surface area contributed by atoms with Gasteiger partial charge in [-0.3, -0.25) is 14.6 Å². The Morgan fingerprint density at radius 2 is 1.45 bits per heavy atom. The van der Waals surface area contributed by atoms with E-state index in [9.17, 15) is 14.7 Å². The second kappa shape index (κ2) is 7.54. The number of phenolic OH excluding ortho intramolecular Hbond substituents is 1. The second-order valence-corrected chi connectivity index (χ2v) is 7.23. The molecule has 3 aliphatic heterocycles. The van der Waals surface area contributed by atoms with Crippen LogP contribution >= 0.6 is 0 Å². The van der Waals surface area contributed by atoms with Crippen LogP contribution in [0.15, 0.2) is 59.7 Å². The maximum Gasteiger partial charge on any atom is 0.227 e. The summed E-state index contributed by atoms with van der Waals surface area (Å²) in [7, 11) is 0. The lowest BCUT2D eigenvalue weighted by molar-refractivity contribution is -0.117. The first-order valence-electron chi connectivity index (χ1n) is 9.46. The van der Waals surface area contributed by atoms with Crippen molar-refractivity contribution < 1.29 is 14.7 Å². The van der Waals surface area contributed by atoms with Crippen LogP contribution in [0.5, 0.6) is 5.75 Å². The van der Waals surface area contributed by atoms with Gasteiger partial charge in [0.05, 0.1) is 5.70 Å². The predicted octanol–water partition coefficient (Wildman–Crippen LogP) is -0.0630. The van der Waals surface area contributed by atoms with Crippen molar-refractivity contribution in [3.8, 4) is 5.75 Å². The summed E-state index contributed by atoms with van der Waals surface area (Å²) in [5.74, 6) is 0.288. The normalized spacial score (nSPS) is 19.4. The van der Waals surface area contributed by atoms with Crippen LogP contribution in [0.3, 0.4) is 0 Å². The zero-order chi connectivity index (χ0) is 19.3. The maximum atomic E-state index is 12.4. The summed E-state index contributed by atoms with van der Waals surface area (Å²) in [6, 6.07) is 9.13. The number of benzene rings is 1. The van der Waals surface area contributed by atoms with Gasteiger partial charge in [0, 0.05) is 56.9 Å². The highest BCUT2D eigenvalue weighted by molar-refractivity contribution is 6.22. The van der Waals surface area contributed by atoms with Gasteiger partial charge in [-0.05, 0) is 12.1 Å². The number of carbonyl (C=O) groups is 2. The lowest BCUT2D eigenvalue weighted by Crippen LogP contribution is -2.29. The Bertz CT molecular complexity index is 1050. The van der Waals surface area contributed by atoms with Crippen molar-refractivity contribution in [1.29, 1.82) is 0 Å². The van der Waals surface area contributed by atoms with Crippen LogP contribution in [0, 0.1) is 0 Å². The first kappa shape index (κ1) is 19.5. The van der Waals surface area contributed by atoms with Gasteiger partial charge in [0.1, 0.15) is 22.7 Å². The SMILES string of the molecule is O=C1C=C(N2CC2)C(=O)C(N2CC2)=C1N1CC1.Oc1cccc2cccnc12.[AlH3]. The number of hydrogen-bond donors (Lipinski definition) is 1. The number of aromatic hydroxyl groups is 1. The fraction of sp³-hybridized carbons (Fsp3) is 0.286. The van der Waals surface area contributed by atoms with Crippen LogP contribution in [0.4, 0.5) is 0 Å². The standard InChI is InChI=1S/C12H13N3O2.C9H7NO.Al.3H/c16-9-7-8(13-1-2-13)12(17)11(15-5-6-15)10(9)14-3-4-14;11-8-5-1-3-7-4-2-6-10-9(7)8;;;;/h7H,1-6H2;1-6,11H;;;;. The van der Waals surface area contributed by atoms with Gasteiger partial charge in [-0.2, -0.15) is 0 Å². The molecule has 1 aromatic heterocycles. The van der Waals surface area contributed by atoms with E-state index < -0.39 is 0 Å². The average molecular weight is 406 g/mol. The molecule has 6 rings (SSSR count). The topological polar surface area (TPSA) is 76.3 Å². The molecular formula is C21H23AlN4O3. The van der Waals surface area contributed by atoms with Crippen molar-refractivity contribution in [2.45, 2.75) is 0 Å². The number of hydrogen-bond acceptors (Lipinski definition) is 7. The summed E-state index contributed by atoms with van der Waals surface area (Å²) < 4.78 is 0. The van der Waals surface area contributed by atoms with Crippen molar-refractivity contribution in [3.05, 3.63) is 59.7 Å². The number of fused-ring (bicyclic) bond motifs is 1. The predicted molar refractivity (Wildman–Crippen MR) is 113 cm³/mol. The molecule has 0 atom stereocenters. The van der Waals surface area contributed by atoms with E-state index >= 15 is 0 Å². The van der Waals surface area contributed by atoms with E-state index in [0.717, 1.165) is 44.7 Å². The fourth-order valence-electron chi connectivity index (χ4n) is 3.36. The maximum absolute atomic E-state index is 12.4. The molecule has 7 nitrogen and oxygen atoms in total. The molecule has 0 bridgehead atoms. The number of phenols is 1. The number of allylic oxidation sites excluding steroid dienone is 1. The van der Waals surface area contributed by atoms with E-state index in [2.05, 4.69) is 4.98 Å². The molecule has 1 N–H and O–H groups in total. The largest absolute Gasteiger partial charge is 0.506 e. The Kier molecular flexibility index (Phi) is 5.07. The zero-order valence-electron chi connectivity index (χ0n) is 15.3. The van der Waals surface area contributed by atoms with E-state index in [1.165, 1.54) is 6.08 Å². The molecule has 0 unspecified atom stereocenters. The fourth-order valence-corrected chi connectivity index (χ4v) is 3.36. The van der Waals surface area contributed by atoms with Crippen LogP contribution in [-0.4, -0.2) is 93.0 Å². The summed E-state index contributed by atoms with van der Waals surface area (Å²) >= 11 is 0. The third kappa shape index (κ3) is 3.86. The highest BCUT2D eigenvalue weighted by atomic mass is 27.0. The van der Waals surface area contributed by atoms with E-state index in [1.807, 2.05) is 32.9 Å². The van der Waals surface area contributed by atoms with Gasteiger partial charge >= 0.3 is 0 Å². The summed E-state index contributed by atoms with van der Waals surface area (Å²) in [6.07, 6.45) is 3.19. The lowest BCUT2D eigenvalue weighted by Gasteiger charge is -2.21. The van der Waals surface area contributed by atoms with Crippen LogP contribution in [0.25, 0.3) is 10.9 Å². The Balaban J connectivity index is 0.000000149. The van der Waals surface area contributed by atoms with Crippen LogP contribution in [0.1, 0.15) is 0 Å². The third-order valence-electron chi connectivity index (χ3n) is 5.10. The number of pyridine rings is 1. The van der Waals surface area contributed by atoms with Crippen LogP contribution < -0.4 is 0 Å². The first-order valence-corrected chi connectivity index (χ1v) is 9.46. The molecule has 148 valence electrons. The van der Waals surface area contributed by atoms with Crippen molar-refractivity contribution in [1.82, 2.24) is 19.7 Å². The molecule has 0 amide bonds. The molecular weight excluding hydrogens is 383 g/mol. The highest BCUT2D eigenvalue weighted by Crippen LogP contribution is 2.33. The van der Waals surface area contributed by atoms with Gasteiger partial charge in [-0.1, -0.05) is 18.2 Å². The molecule has 29 heavy (non-hydrogen) atoms. The summed E-state index contributed by atoms with van der Waals surface area (Å²) in [5.41, 5.74) is 2.55. The van der Waals surface area contributed by atoms with E-state index in [-0.39, 0.29) is 34.7 Å². The number of nitrogens with zero attached hydrogens (tertiary/aromatic N) is 4. The number of aromatic nitrogens is 1. The molecule has 1 aromatic carbocycles. The van der Waals surface area contributed by atoms with Gasteiger partial charge in [-0.15, -0.1) is 0 Å². The highest BCUT2D eigenvalue weighted by Gasteiger charge is 2.43. The van der Waals surface area contributed by atoms with Gasteiger partial charge < -0.3 is 19.8 Å². The molecule has 3 saturated heterocycles. The third-order valence-corrected chi connectivity index (χ3v) is 5.10. The number of ketones is 2. The van der Waals surface area contributed by atoms with Crippen LogP contribution in [-0.2, 0) is 9.59 Å². The summed E-state index contributed by atoms with van der Waals surface area (Å²) in [5, 5.41) is 10.3. The Morgan fingerprint density at radius 1 is 0.828 bits per heavy atom. The van der Waals surface area contributed by atoms with Crippen LogP contribution in [0.2, 0.25) is 0 Å². The number of para-hydroxylation sites is 1. The number of carbonyl (C=O) groups excluding carboxylic acids is 2. The van der Waals surface area contributed by atoms with Crippen molar-refractivity contribution in [3.63, 3.8) is 0 Å². The van der Waals surface area contributed by atoms with Gasteiger partial charge in [-0.25, -0.2) is 0 Å². The second-order valence-electron chi connectivity index (χ2n) is 7.23. The Morgan fingerprint density at radius 3 is 2.07 bits per heavy atom. The van der Waals surface area contributed by atoms with Crippen molar-refractivity contribution in [2.75, 3.05) is 39.3 Å². The van der Waals surface area contributed by atoms with Gasteiger partial charge in [0.2, 0.25) is 11.6 Å². The monoisotopic (exact) mass is 406 g/mol. The van der Waals surface area contributed by atoms with E-state index in [1.54, 1.807) is 18.3 Å². The first-order chi connectivity index (χ1) is 13.6. The van der Waals surface area contributed by atoms with E-state index in [4.69, 9.17) is 0 Å². The van der Waals surface area contributed by atoms with Crippen molar-refractivity contribution >= 4 is 39.8 Å². The molecule has 4 aliphatic rings. The summed E-state index contributed by atoms with van der Waals surface area (Å²) in [6.45, 7) is 5.41. The molecule has 0 radical (unpaired) electrons. The Labute approximate surface area is 179 Å². The van der Waals surface area contributed by atoms with Gasteiger partial charge in [0.25, 0.3) is 0 Å². The van der Waals surface area contributed by atoms with E-state index in [0.29, 0.717) is 22.6 Å².